The predicted molar refractivity (Wildman–Crippen MR) is 138 cm³/mol. The molecule has 0 heterocycles. The van der Waals surface area contributed by atoms with E-state index in [-0.39, 0.29) is 29.9 Å². The minimum absolute atomic E-state index is 0.160. The molecule has 0 spiro atoms. The number of carbonyl (C=O) groups excluding carboxylic acids is 1. The van der Waals surface area contributed by atoms with E-state index in [4.69, 9.17) is 0 Å². The highest BCUT2D eigenvalue weighted by atomic mass is 79.9. The Morgan fingerprint density at radius 3 is 2.24 bits per heavy atom. The van der Waals surface area contributed by atoms with E-state index in [9.17, 15) is 13.2 Å². The van der Waals surface area contributed by atoms with Crippen LogP contribution in [-0.2, 0) is 21.2 Å². The molecule has 1 N–H and O–H groups in total. The lowest BCUT2D eigenvalue weighted by Crippen LogP contribution is -2.42. The summed E-state index contributed by atoms with van der Waals surface area (Å²) in [6, 6.07) is 23.8. The third-order valence-electron chi connectivity index (χ3n) is 5.26. The van der Waals surface area contributed by atoms with E-state index in [1.165, 1.54) is 4.31 Å². The minimum Gasteiger partial charge on any atom is -0.348 e. The monoisotopic (exact) mass is 546 g/mol. The van der Waals surface area contributed by atoms with Crippen LogP contribution in [0.3, 0.4) is 0 Å². The summed E-state index contributed by atoms with van der Waals surface area (Å²) in [6.07, 6.45) is 2.52. The molecule has 0 bridgehead atoms. The Balaban J connectivity index is 1.75. The van der Waals surface area contributed by atoms with Gasteiger partial charge in [-0.15, -0.1) is 11.8 Å². The Morgan fingerprint density at radius 2 is 1.64 bits per heavy atom. The molecule has 0 saturated heterocycles. The van der Waals surface area contributed by atoms with Crippen LogP contribution in [0.2, 0.25) is 0 Å². The summed E-state index contributed by atoms with van der Waals surface area (Å²) in [5, 5.41) is 2.94. The average molecular weight is 548 g/mol. The summed E-state index contributed by atoms with van der Waals surface area (Å²) in [5.41, 5.74) is 1.98. The molecule has 33 heavy (non-hydrogen) atoms. The summed E-state index contributed by atoms with van der Waals surface area (Å²) in [5.74, 6) is -0.342. The number of halogens is 1. The molecule has 174 valence electrons. The maximum Gasteiger partial charge on any atom is 0.243 e. The van der Waals surface area contributed by atoms with Crippen molar-refractivity contribution in [2.45, 2.75) is 29.2 Å². The standard InChI is InChI=1S/C25H27BrN2O3S2/c1-19(21-8-12-23(32-2)13-9-21)27-25(29)18-28(17-16-20-6-4-3-5-7-20)33(30,31)24-14-10-22(26)11-15-24/h3-15,19H,16-18H2,1-2H3,(H,27,29). The van der Waals surface area contributed by atoms with E-state index < -0.39 is 10.0 Å². The first kappa shape index (κ1) is 25.5. The Labute approximate surface area is 208 Å². The summed E-state index contributed by atoms with van der Waals surface area (Å²) in [7, 11) is -3.84. The zero-order valence-corrected chi connectivity index (χ0v) is 21.8. The number of thioether (sulfide) groups is 1. The molecule has 5 nitrogen and oxygen atoms in total. The molecule has 0 fully saturated rings. The van der Waals surface area contributed by atoms with Gasteiger partial charge in [0.25, 0.3) is 0 Å². The van der Waals surface area contributed by atoms with Crippen LogP contribution in [0.5, 0.6) is 0 Å². The lowest BCUT2D eigenvalue weighted by atomic mass is 10.1. The number of benzene rings is 3. The molecule has 0 saturated carbocycles. The van der Waals surface area contributed by atoms with Gasteiger partial charge in [0, 0.05) is 15.9 Å². The van der Waals surface area contributed by atoms with Gasteiger partial charge in [0.15, 0.2) is 0 Å². The van der Waals surface area contributed by atoms with Crippen molar-refractivity contribution in [1.82, 2.24) is 9.62 Å². The van der Waals surface area contributed by atoms with E-state index in [0.717, 1.165) is 20.5 Å². The molecule has 0 radical (unpaired) electrons. The van der Waals surface area contributed by atoms with E-state index >= 15 is 0 Å². The summed E-state index contributed by atoms with van der Waals surface area (Å²) < 4.78 is 28.8. The third kappa shape index (κ3) is 7.17. The maximum atomic E-state index is 13.4. The van der Waals surface area contributed by atoms with Gasteiger partial charge in [-0.25, -0.2) is 8.42 Å². The van der Waals surface area contributed by atoms with E-state index in [1.54, 1.807) is 36.0 Å². The molecule has 1 atom stereocenters. The summed E-state index contributed by atoms with van der Waals surface area (Å²) in [4.78, 5) is 14.2. The zero-order chi connectivity index (χ0) is 23.8. The second-order valence-electron chi connectivity index (χ2n) is 7.59. The van der Waals surface area contributed by atoms with Crippen LogP contribution < -0.4 is 5.32 Å². The fourth-order valence-corrected chi connectivity index (χ4v) is 5.43. The largest absolute Gasteiger partial charge is 0.348 e. The molecular formula is C25H27BrN2O3S2. The highest BCUT2D eigenvalue weighted by molar-refractivity contribution is 9.10. The predicted octanol–water partition coefficient (Wildman–Crippen LogP) is 5.28. The van der Waals surface area contributed by atoms with Crippen molar-refractivity contribution in [2.75, 3.05) is 19.3 Å². The van der Waals surface area contributed by atoms with Crippen LogP contribution in [0, 0.1) is 0 Å². The van der Waals surface area contributed by atoms with Gasteiger partial charge in [-0.2, -0.15) is 4.31 Å². The molecule has 0 aliphatic rings. The molecule has 8 heteroatoms. The second-order valence-corrected chi connectivity index (χ2v) is 11.3. The normalized spacial score (nSPS) is 12.5. The molecule has 1 unspecified atom stereocenters. The lowest BCUT2D eigenvalue weighted by Gasteiger charge is -2.23. The fraction of sp³-hybridized carbons (Fsp3) is 0.240. The van der Waals surface area contributed by atoms with Crippen molar-refractivity contribution in [3.8, 4) is 0 Å². The second kappa shape index (κ2) is 11.8. The number of nitrogens with zero attached hydrogens (tertiary/aromatic N) is 1. The van der Waals surface area contributed by atoms with Crippen molar-refractivity contribution >= 4 is 43.6 Å². The maximum absolute atomic E-state index is 13.4. The number of hydrogen-bond acceptors (Lipinski definition) is 4. The van der Waals surface area contributed by atoms with Gasteiger partial charge in [0.05, 0.1) is 17.5 Å². The first-order valence-corrected chi connectivity index (χ1v) is 14.0. The Bertz CT molecular complexity index is 1150. The van der Waals surface area contributed by atoms with Crippen molar-refractivity contribution in [3.63, 3.8) is 0 Å². The van der Waals surface area contributed by atoms with E-state index in [1.807, 2.05) is 67.8 Å². The number of hydrogen-bond donors (Lipinski definition) is 1. The van der Waals surface area contributed by atoms with E-state index in [0.29, 0.717) is 6.42 Å². The number of rotatable bonds is 10. The minimum atomic E-state index is -3.84. The molecule has 3 rings (SSSR count). The number of sulfonamides is 1. The van der Waals surface area contributed by atoms with Crippen LogP contribution in [-0.4, -0.2) is 38.0 Å². The smallest absolute Gasteiger partial charge is 0.243 e. The first-order valence-electron chi connectivity index (χ1n) is 10.5. The summed E-state index contributed by atoms with van der Waals surface area (Å²) >= 11 is 4.99. The lowest BCUT2D eigenvalue weighted by molar-refractivity contribution is -0.121. The van der Waals surface area contributed by atoms with Crippen LogP contribution in [0.25, 0.3) is 0 Å². The Hall–Kier alpha value is -2.13. The van der Waals surface area contributed by atoms with Crippen molar-refractivity contribution < 1.29 is 13.2 Å². The van der Waals surface area contributed by atoms with Crippen LogP contribution in [0.1, 0.15) is 24.1 Å². The molecule has 0 aromatic heterocycles. The fourth-order valence-electron chi connectivity index (χ4n) is 3.36. The highest BCUT2D eigenvalue weighted by Gasteiger charge is 2.27. The van der Waals surface area contributed by atoms with Crippen molar-refractivity contribution in [2.24, 2.45) is 0 Å². The Morgan fingerprint density at radius 1 is 1.00 bits per heavy atom. The quantitative estimate of drug-likeness (QED) is 0.351. The van der Waals surface area contributed by atoms with Gasteiger partial charge in [-0.3, -0.25) is 4.79 Å². The zero-order valence-electron chi connectivity index (χ0n) is 18.6. The van der Waals surface area contributed by atoms with Gasteiger partial charge >= 0.3 is 0 Å². The summed E-state index contributed by atoms with van der Waals surface area (Å²) in [6.45, 7) is 1.84. The van der Waals surface area contributed by atoms with Crippen LogP contribution >= 0.6 is 27.7 Å². The van der Waals surface area contributed by atoms with Crippen molar-refractivity contribution in [3.05, 3.63) is 94.5 Å². The average Bonchev–Trinajstić information content (AvgIpc) is 2.82. The third-order valence-corrected chi connectivity index (χ3v) is 8.39. The molecule has 3 aromatic carbocycles. The molecule has 1 amide bonds. The van der Waals surface area contributed by atoms with Crippen molar-refractivity contribution in [1.29, 1.82) is 0 Å². The van der Waals surface area contributed by atoms with Gasteiger partial charge in [0.2, 0.25) is 15.9 Å². The number of carbonyl (C=O) groups is 1. The van der Waals surface area contributed by atoms with Gasteiger partial charge in [-0.05, 0) is 67.1 Å². The highest BCUT2D eigenvalue weighted by Crippen LogP contribution is 2.21. The molecular weight excluding hydrogens is 520 g/mol. The van der Waals surface area contributed by atoms with E-state index in [2.05, 4.69) is 21.2 Å². The molecule has 0 aliphatic heterocycles. The van der Waals surface area contributed by atoms with Gasteiger partial charge < -0.3 is 5.32 Å². The first-order chi connectivity index (χ1) is 15.8. The Kier molecular flexibility index (Phi) is 9.14. The number of amides is 1. The molecule has 3 aromatic rings. The van der Waals surface area contributed by atoms with Gasteiger partial charge in [-0.1, -0.05) is 58.4 Å². The SMILES string of the molecule is CSc1ccc(C(C)NC(=O)CN(CCc2ccccc2)S(=O)(=O)c2ccc(Br)cc2)cc1. The van der Waals surface area contributed by atoms with Crippen LogP contribution in [0.4, 0.5) is 0 Å². The number of nitrogens with one attached hydrogen (secondary N) is 1. The van der Waals surface area contributed by atoms with Crippen LogP contribution in [0.15, 0.2) is 93.1 Å². The molecule has 0 aliphatic carbocycles. The topological polar surface area (TPSA) is 66.5 Å². The van der Waals surface area contributed by atoms with Gasteiger partial charge in [0.1, 0.15) is 0 Å².